The van der Waals surface area contributed by atoms with Crippen LogP contribution in [0.25, 0.3) is 0 Å². The van der Waals surface area contributed by atoms with Crippen molar-refractivity contribution in [3.05, 3.63) is 59.2 Å². The first kappa shape index (κ1) is 22.1. The Labute approximate surface area is 186 Å². The lowest BCUT2D eigenvalue weighted by atomic mass is 10.0. The number of rotatable bonds is 5. The first-order valence-corrected chi connectivity index (χ1v) is 12.8. The number of aliphatic hydroxyl groups excluding tert-OH is 1. The lowest BCUT2D eigenvalue weighted by Gasteiger charge is -2.42. The number of nitrogens with zero attached hydrogens (tertiary/aromatic N) is 3. The second-order valence-electron chi connectivity index (χ2n) is 9.16. The normalized spacial score (nSPS) is 23.1. The first-order valence-electron chi connectivity index (χ1n) is 11.0. The van der Waals surface area contributed by atoms with Gasteiger partial charge in [-0.1, -0.05) is 24.3 Å². The van der Waals surface area contributed by atoms with Crippen LogP contribution in [0, 0.1) is 6.92 Å². The standard InChI is InChI=1S/C24H33N3O3S/c1-17-6-5-7-22(12-17)26-11-10-25(15-19(26)3)16-24(28)20-8-9-23-21(14-20)13-18(2)27(23)31(4,29)30/h5-9,12,14,18-19,24,28H,10-11,13,15-16H2,1-4H3/t18-,19-,24-/m0/s1. The van der Waals surface area contributed by atoms with Crippen molar-refractivity contribution >= 4 is 21.4 Å². The average molecular weight is 444 g/mol. The van der Waals surface area contributed by atoms with Gasteiger partial charge in [0, 0.05) is 44.0 Å². The van der Waals surface area contributed by atoms with E-state index in [-0.39, 0.29) is 6.04 Å². The fourth-order valence-electron chi connectivity index (χ4n) is 5.07. The Balaban J connectivity index is 1.42. The lowest BCUT2D eigenvalue weighted by molar-refractivity contribution is 0.102. The van der Waals surface area contributed by atoms with Gasteiger partial charge >= 0.3 is 0 Å². The Morgan fingerprint density at radius 2 is 1.87 bits per heavy atom. The zero-order valence-electron chi connectivity index (χ0n) is 18.8. The lowest BCUT2D eigenvalue weighted by Crippen LogP contribution is -2.52. The van der Waals surface area contributed by atoms with Gasteiger partial charge in [-0.25, -0.2) is 8.42 Å². The van der Waals surface area contributed by atoms with Crippen LogP contribution in [-0.4, -0.2) is 62.9 Å². The van der Waals surface area contributed by atoms with E-state index in [0.29, 0.717) is 19.0 Å². The molecule has 1 saturated heterocycles. The zero-order valence-corrected chi connectivity index (χ0v) is 19.6. The van der Waals surface area contributed by atoms with E-state index in [4.69, 9.17) is 0 Å². The maximum Gasteiger partial charge on any atom is 0.232 e. The van der Waals surface area contributed by atoms with Crippen molar-refractivity contribution in [3.63, 3.8) is 0 Å². The van der Waals surface area contributed by atoms with Crippen LogP contribution in [0.15, 0.2) is 42.5 Å². The molecule has 0 aliphatic carbocycles. The van der Waals surface area contributed by atoms with Crippen molar-refractivity contribution in [1.29, 1.82) is 0 Å². The van der Waals surface area contributed by atoms with Crippen LogP contribution in [0.1, 0.15) is 36.6 Å². The number of hydrogen-bond acceptors (Lipinski definition) is 5. The third-order valence-electron chi connectivity index (χ3n) is 6.47. The van der Waals surface area contributed by atoms with Gasteiger partial charge in [-0.15, -0.1) is 0 Å². The Bertz CT molecular complexity index is 1060. The van der Waals surface area contributed by atoms with E-state index in [1.807, 2.05) is 25.1 Å². The number of sulfonamides is 1. The van der Waals surface area contributed by atoms with Gasteiger partial charge in [0.05, 0.1) is 18.0 Å². The highest BCUT2D eigenvalue weighted by atomic mass is 32.2. The molecule has 0 radical (unpaired) electrons. The molecule has 0 bridgehead atoms. The van der Waals surface area contributed by atoms with Crippen molar-refractivity contribution < 1.29 is 13.5 Å². The Kier molecular flexibility index (Phi) is 6.03. The maximum absolute atomic E-state index is 12.1. The van der Waals surface area contributed by atoms with Crippen LogP contribution < -0.4 is 9.21 Å². The van der Waals surface area contributed by atoms with Crippen LogP contribution in [0.2, 0.25) is 0 Å². The van der Waals surface area contributed by atoms with Gasteiger partial charge in [0.2, 0.25) is 10.0 Å². The van der Waals surface area contributed by atoms with E-state index in [0.717, 1.165) is 36.4 Å². The molecule has 0 spiro atoms. The minimum atomic E-state index is -3.30. The second kappa shape index (κ2) is 8.45. The van der Waals surface area contributed by atoms with Gasteiger partial charge in [0.1, 0.15) is 0 Å². The van der Waals surface area contributed by atoms with Crippen molar-refractivity contribution in [2.24, 2.45) is 0 Å². The highest BCUT2D eigenvalue weighted by molar-refractivity contribution is 7.92. The molecule has 0 amide bonds. The minimum Gasteiger partial charge on any atom is -0.387 e. The van der Waals surface area contributed by atoms with Crippen molar-refractivity contribution in [1.82, 2.24) is 4.90 Å². The predicted octanol–water partition coefficient (Wildman–Crippen LogP) is 2.95. The highest BCUT2D eigenvalue weighted by Crippen LogP contribution is 2.36. The predicted molar refractivity (Wildman–Crippen MR) is 126 cm³/mol. The van der Waals surface area contributed by atoms with Gasteiger partial charge in [0.15, 0.2) is 0 Å². The molecule has 0 unspecified atom stereocenters. The van der Waals surface area contributed by atoms with Crippen LogP contribution >= 0.6 is 0 Å². The number of piperazine rings is 1. The molecular weight excluding hydrogens is 410 g/mol. The van der Waals surface area contributed by atoms with E-state index in [2.05, 4.69) is 47.9 Å². The molecule has 0 aromatic heterocycles. The van der Waals surface area contributed by atoms with E-state index < -0.39 is 16.1 Å². The Hall–Kier alpha value is -2.09. The summed E-state index contributed by atoms with van der Waals surface area (Å²) in [6.07, 6.45) is 1.33. The number of hydrogen-bond donors (Lipinski definition) is 1. The van der Waals surface area contributed by atoms with Gasteiger partial charge in [0.25, 0.3) is 0 Å². The molecule has 1 fully saturated rings. The van der Waals surface area contributed by atoms with Crippen molar-refractivity contribution in [2.45, 2.75) is 45.4 Å². The van der Waals surface area contributed by atoms with Gasteiger partial charge in [-0.2, -0.15) is 0 Å². The van der Waals surface area contributed by atoms with E-state index in [9.17, 15) is 13.5 Å². The van der Waals surface area contributed by atoms with Gasteiger partial charge in [-0.05, 0) is 62.1 Å². The summed E-state index contributed by atoms with van der Waals surface area (Å²) in [7, 11) is -3.30. The molecule has 6 nitrogen and oxygen atoms in total. The number of aliphatic hydroxyl groups is 1. The fraction of sp³-hybridized carbons (Fsp3) is 0.500. The summed E-state index contributed by atoms with van der Waals surface area (Å²) >= 11 is 0. The summed E-state index contributed by atoms with van der Waals surface area (Å²) in [4.78, 5) is 4.76. The molecule has 0 saturated carbocycles. The first-order chi connectivity index (χ1) is 14.6. The number of aryl methyl sites for hydroxylation is 1. The molecule has 4 rings (SSSR count). The molecule has 168 valence electrons. The van der Waals surface area contributed by atoms with E-state index in [1.54, 1.807) is 0 Å². The summed E-state index contributed by atoms with van der Waals surface area (Å²) in [6.45, 7) is 9.59. The maximum atomic E-state index is 12.1. The van der Waals surface area contributed by atoms with Crippen molar-refractivity contribution in [3.8, 4) is 0 Å². The summed E-state index contributed by atoms with van der Waals surface area (Å²) in [5, 5.41) is 10.9. The topological polar surface area (TPSA) is 64.1 Å². The number of anilines is 2. The monoisotopic (exact) mass is 443 g/mol. The minimum absolute atomic E-state index is 0.0899. The van der Waals surface area contributed by atoms with E-state index >= 15 is 0 Å². The summed E-state index contributed by atoms with van der Waals surface area (Å²) < 4.78 is 25.8. The largest absolute Gasteiger partial charge is 0.387 e. The number of fused-ring (bicyclic) bond motifs is 1. The van der Waals surface area contributed by atoms with E-state index in [1.165, 1.54) is 21.8 Å². The molecular formula is C24H33N3O3S. The summed E-state index contributed by atoms with van der Waals surface area (Å²) in [6, 6.07) is 14.6. The number of benzene rings is 2. The fourth-order valence-corrected chi connectivity index (χ4v) is 6.34. The Morgan fingerprint density at radius 1 is 1.10 bits per heavy atom. The van der Waals surface area contributed by atoms with Crippen LogP contribution in [0.4, 0.5) is 11.4 Å². The summed E-state index contributed by atoms with van der Waals surface area (Å²) in [5.41, 5.74) is 5.12. The SMILES string of the molecule is Cc1cccc(N2CCN(C[C@H](O)c3ccc4c(c3)C[C@H](C)N4S(C)(=O)=O)C[C@@H]2C)c1. The smallest absolute Gasteiger partial charge is 0.232 e. The molecule has 3 atom stereocenters. The molecule has 1 N–H and O–H groups in total. The van der Waals surface area contributed by atoms with Gasteiger partial charge in [-0.3, -0.25) is 9.21 Å². The molecule has 2 aliphatic heterocycles. The molecule has 2 aliphatic rings. The van der Waals surface area contributed by atoms with Crippen LogP contribution in [0.3, 0.4) is 0 Å². The quantitative estimate of drug-likeness (QED) is 0.770. The zero-order chi connectivity index (χ0) is 22.3. The summed E-state index contributed by atoms with van der Waals surface area (Å²) in [5.74, 6) is 0. The second-order valence-corrected chi connectivity index (χ2v) is 11.0. The molecule has 7 heteroatoms. The van der Waals surface area contributed by atoms with Crippen molar-refractivity contribution in [2.75, 3.05) is 41.6 Å². The number of β-amino-alcohol motifs (C(OH)–C–C–N with tert-alkyl or cyclic N) is 1. The third kappa shape index (κ3) is 4.59. The highest BCUT2D eigenvalue weighted by Gasteiger charge is 2.33. The third-order valence-corrected chi connectivity index (χ3v) is 7.75. The molecule has 31 heavy (non-hydrogen) atoms. The van der Waals surface area contributed by atoms with Crippen LogP contribution in [0.5, 0.6) is 0 Å². The average Bonchev–Trinajstić information content (AvgIpc) is 3.03. The molecule has 2 aromatic carbocycles. The Morgan fingerprint density at radius 3 is 2.55 bits per heavy atom. The molecule has 2 heterocycles. The van der Waals surface area contributed by atoms with Crippen LogP contribution in [-0.2, 0) is 16.4 Å². The molecule has 2 aromatic rings. The van der Waals surface area contributed by atoms with Gasteiger partial charge < -0.3 is 10.0 Å².